The number of nitrogens with one attached hydrogen (secondary N) is 1. The Hall–Kier alpha value is -2.66. The number of carboxylic acid groups (broad SMARTS) is 1. The van der Waals surface area contributed by atoms with Crippen LogP contribution in [0.3, 0.4) is 0 Å². The number of carbonyl (C=O) groups is 1. The van der Waals surface area contributed by atoms with Crippen LogP contribution < -0.4 is 5.43 Å². The minimum atomic E-state index is -0.682. The number of nitrogens with zero attached hydrogens (tertiary/aromatic N) is 2. The van der Waals surface area contributed by atoms with Crippen LogP contribution in [0.25, 0.3) is 11.1 Å². The van der Waals surface area contributed by atoms with E-state index in [-0.39, 0.29) is 5.92 Å². The van der Waals surface area contributed by atoms with Crippen molar-refractivity contribution in [3.8, 4) is 11.1 Å². The molecule has 1 fully saturated rings. The van der Waals surface area contributed by atoms with Gasteiger partial charge in [-0.2, -0.15) is 5.10 Å². The van der Waals surface area contributed by atoms with E-state index in [1.54, 1.807) is 0 Å². The molecule has 0 amide bonds. The van der Waals surface area contributed by atoms with E-state index in [0.717, 1.165) is 37.1 Å². The van der Waals surface area contributed by atoms with Gasteiger partial charge < -0.3 is 15.4 Å². The van der Waals surface area contributed by atoms with Gasteiger partial charge in [0.2, 0.25) is 0 Å². The molecule has 0 aromatic heterocycles. The summed E-state index contributed by atoms with van der Waals surface area (Å²) in [5.41, 5.74) is 7.74. The molecular formula is C22H27N3O2. The third kappa shape index (κ3) is 5.41. The van der Waals surface area contributed by atoms with E-state index in [1.165, 1.54) is 11.1 Å². The van der Waals surface area contributed by atoms with E-state index < -0.39 is 5.97 Å². The average molecular weight is 365 g/mol. The number of aryl methyl sites for hydroxylation is 1. The standard InChI is InChI=1S/C22H27N3O2/c1-17-8-10-18(11-9-17)21-7-3-2-5-19(21)15-24-23-12-14-25-13-4-6-20(16-25)22(26)27/h2-3,5,7-11,15,20,23H,4,6,12-14,16H2,1H3,(H,26,27)/b24-15+. The summed E-state index contributed by atoms with van der Waals surface area (Å²) < 4.78 is 0. The van der Waals surface area contributed by atoms with Crippen LogP contribution in [0.4, 0.5) is 0 Å². The molecule has 1 heterocycles. The summed E-state index contributed by atoms with van der Waals surface area (Å²) in [6.45, 7) is 5.20. The van der Waals surface area contributed by atoms with Gasteiger partial charge in [-0.05, 0) is 37.4 Å². The lowest BCUT2D eigenvalue weighted by Crippen LogP contribution is -2.41. The fourth-order valence-electron chi connectivity index (χ4n) is 3.45. The Morgan fingerprint density at radius 1 is 1.26 bits per heavy atom. The normalized spacial score (nSPS) is 17.9. The van der Waals surface area contributed by atoms with Gasteiger partial charge in [0.15, 0.2) is 0 Å². The number of piperidine rings is 1. The fourth-order valence-corrected chi connectivity index (χ4v) is 3.45. The first-order valence-corrected chi connectivity index (χ1v) is 9.50. The first kappa shape index (κ1) is 19.1. The van der Waals surface area contributed by atoms with Gasteiger partial charge in [0, 0.05) is 25.2 Å². The maximum absolute atomic E-state index is 11.1. The van der Waals surface area contributed by atoms with Crippen molar-refractivity contribution in [3.63, 3.8) is 0 Å². The lowest BCUT2D eigenvalue weighted by Gasteiger charge is -2.30. The molecule has 1 aliphatic rings. The van der Waals surface area contributed by atoms with Crippen LogP contribution in [0.15, 0.2) is 53.6 Å². The highest BCUT2D eigenvalue weighted by atomic mass is 16.4. The Morgan fingerprint density at radius 2 is 2.04 bits per heavy atom. The molecule has 2 aromatic rings. The van der Waals surface area contributed by atoms with Crippen LogP contribution in [0.1, 0.15) is 24.0 Å². The molecule has 3 rings (SSSR count). The number of likely N-dealkylation sites (tertiary alicyclic amines) is 1. The quantitative estimate of drug-likeness (QED) is 0.448. The molecule has 1 aliphatic heterocycles. The summed E-state index contributed by atoms with van der Waals surface area (Å²) in [6.07, 6.45) is 3.59. The number of hydrogen-bond acceptors (Lipinski definition) is 4. The van der Waals surface area contributed by atoms with Gasteiger partial charge in [-0.3, -0.25) is 4.79 Å². The molecule has 0 spiro atoms. The summed E-state index contributed by atoms with van der Waals surface area (Å²) in [5.74, 6) is -0.915. The second-order valence-electron chi connectivity index (χ2n) is 7.10. The lowest BCUT2D eigenvalue weighted by molar-refractivity contribution is -0.143. The predicted molar refractivity (Wildman–Crippen MR) is 109 cm³/mol. The fraction of sp³-hybridized carbons (Fsp3) is 0.364. The maximum Gasteiger partial charge on any atom is 0.307 e. The van der Waals surface area contributed by atoms with Gasteiger partial charge >= 0.3 is 5.97 Å². The topological polar surface area (TPSA) is 64.9 Å². The van der Waals surface area contributed by atoms with Crippen LogP contribution in [-0.2, 0) is 4.79 Å². The molecule has 1 saturated heterocycles. The molecule has 0 radical (unpaired) electrons. The summed E-state index contributed by atoms with van der Waals surface area (Å²) >= 11 is 0. The predicted octanol–water partition coefficient (Wildman–Crippen LogP) is 3.38. The molecular weight excluding hydrogens is 338 g/mol. The largest absolute Gasteiger partial charge is 0.481 e. The second-order valence-corrected chi connectivity index (χ2v) is 7.10. The van der Waals surface area contributed by atoms with Gasteiger partial charge in [-0.1, -0.05) is 54.1 Å². The smallest absolute Gasteiger partial charge is 0.307 e. The summed E-state index contributed by atoms with van der Waals surface area (Å²) in [4.78, 5) is 13.3. The van der Waals surface area contributed by atoms with Crippen LogP contribution in [0.2, 0.25) is 0 Å². The molecule has 2 N–H and O–H groups in total. The van der Waals surface area contributed by atoms with Crippen LogP contribution in [-0.4, -0.2) is 48.4 Å². The zero-order valence-corrected chi connectivity index (χ0v) is 15.8. The molecule has 27 heavy (non-hydrogen) atoms. The first-order chi connectivity index (χ1) is 13.1. The third-order valence-electron chi connectivity index (χ3n) is 5.01. The summed E-state index contributed by atoms with van der Waals surface area (Å²) in [7, 11) is 0. The van der Waals surface area contributed by atoms with Crippen molar-refractivity contribution in [3.05, 3.63) is 59.7 Å². The monoisotopic (exact) mass is 365 g/mol. The van der Waals surface area contributed by atoms with Gasteiger partial charge in [0.05, 0.1) is 12.1 Å². The molecule has 142 valence electrons. The molecule has 2 aromatic carbocycles. The van der Waals surface area contributed by atoms with Crippen molar-refractivity contribution in [2.45, 2.75) is 19.8 Å². The van der Waals surface area contributed by atoms with Crippen molar-refractivity contribution < 1.29 is 9.90 Å². The minimum absolute atomic E-state index is 0.233. The lowest BCUT2D eigenvalue weighted by atomic mass is 9.98. The Kier molecular flexibility index (Phi) is 6.60. The van der Waals surface area contributed by atoms with Crippen molar-refractivity contribution in [1.29, 1.82) is 0 Å². The highest BCUT2D eigenvalue weighted by Gasteiger charge is 2.24. The number of aliphatic carboxylic acids is 1. The third-order valence-corrected chi connectivity index (χ3v) is 5.01. The zero-order chi connectivity index (χ0) is 19.1. The van der Waals surface area contributed by atoms with Gasteiger partial charge in [0.1, 0.15) is 0 Å². The van der Waals surface area contributed by atoms with E-state index in [2.05, 4.69) is 58.7 Å². The highest BCUT2D eigenvalue weighted by molar-refractivity contribution is 5.90. The van der Waals surface area contributed by atoms with E-state index in [4.69, 9.17) is 5.11 Å². The van der Waals surface area contributed by atoms with Gasteiger partial charge in [-0.25, -0.2) is 0 Å². The molecule has 0 bridgehead atoms. The van der Waals surface area contributed by atoms with Gasteiger partial charge in [0.25, 0.3) is 0 Å². The first-order valence-electron chi connectivity index (χ1n) is 9.50. The number of hydrazone groups is 1. The number of hydrogen-bond donors (Lipinski definition) is 2. The molecule has 5 heteroatoms. The van der Waals surface area contributed by atoms with Crippen LogP contribution in [0, 0.1) is 12.8 Å². The average Bonchev–Trinajstić information content (AvgIpc) is 2.69. The summed E-state index contributed by atoms with van der Waals surface area (Å²) in [6, 6.07) is 16.7. The summed E-state index contributed by atoms with van der Waals surface area (Å²) in [5, 5.41) is 13.5. The zero-order valence-electron chi connectivity index (χ0n) is 15.8. The molecule has 0 saturated carbocycles. The van der Waals surface area contributed by atoms with Crippen molar-refractivity contribution in [2.75, 3.05) is 26.2 Å². The number of benzene rings is 2. The van der Waals surface area contributed by atoms with Crippen LogP contribution in [0.5, 0.6) is 0 Å². The Labute approximate surface area is 160 Å². The van der Waals surface area contributed by atoms with E-state index in [0.29, 0.717) is 13.1 Å². The Morgan fingerprint density at radius 3 is 2.81 bits per heavy atom. The molecule has 1 unspecified atom stereocenters. The molecule has 5 nitrogen and oxygen atoms in total. The minimum Gasteiger partial charge on any atom is -0.481 e. The number of carboxylic acids is 1. The van der Waals surface area contributed by atoms with E-state index in [9.17, 15) is 4.79 Å². The Balaban J connectivity index is 1.53. The maximum atomic E-state index is 11.1. The van der Waals surface area contributed by atoms with Crippen molar-refractivity contribution >= 4 is 12.2 Å². The highest BCUT2D eigenvalue weighted by Crippen LogP contribution is 2.22. The molecule has 1 atom stereocenters. The van der Waals surface area contributed by atoms with E-state index >= 15 is 0 Å². The Bertz CT molecular complexity index is 786. The second kappa shape index (κ2) is 9.33. The number of rotatable bonds is 7. The SMILES string of the molecule is Cc1ccc(-c2ccccc2/C=N/NCCN2CCCC(C(=O)O)C2)cc1. The molecule has 0 aliphatic carbocycles. The van der Waals surface area contributed by atoms with Crippen LogP contribution >= 0.6 is 0 Å². The van der Waals surface area contributed by atoms with Crippen molar-refractivity contribution in [2.24, 2.45) is 11.0 Å². The van der Waals surface area contributed by atoms with Gasteiger partial charge in [-0.15, -0.1) is 0 Å². The van der Waals surface area contributed by atoms with Crippen molar-refractivity contribution in [1.82, 2.24) is 10.3 Å². The van der Waals surface area contributed by atoms with E-state index in [1.807, 2.05) is 18.3 Å².